The van der Waals surface area contributed by atoms with Gasteiger partial charge in [0.15, 0.2) is 5.82 Å². The van der Waals surface area contributed by atoms with Crippen molar-refractivity contribution in [3.05, 3.63) is 58.6 Å². The predicted molar refractivity (Wildman–Crippen MR) is 150 cm³/mol. The van der Waals surface area contributed by atoms with E-state index in [0.717, 1.165) is 20.9 Å². The second-order valence-corrected chi connectivity index (χ2v) is 11.3. The molecule has 0 aliphatic rings. The number of nitrogens with zero attached hydrogens (tertiary/aromatic N) is 3. The van der Waals surface area contributed by atoms with Gasteiger partial charge < -0.3 is 24.3 Å². The Morgan fingerprint density at radius 1 is 1.21 bits per heavy atom. The van der Waals surface area contributed by atoms with E-state index in [1.807, 2.05) is 31.2 Å². The van der Waals surface area contributed by atoms with Gasteiger partial charge in [0.25, 0.3) is 0 Å². The lowest BCUT2D eigenvalue weighted by molar-refractivity contribution is 0.0508. The van der Waals surface area contributed by atoms with Gasteiger partial charge in [-0.25, -0.2) is 14.6 Å². The zero-order valence-electron chi connectivity index (χ0n) is 22.1. The summed E-state index contributed by atoms with van der Waals surface area (Å²) >= 11 is 7.70. The smallest absolute Gasteiger partial charge is 0.413 e. The maximum atomic E-state index is 12.4. The van der Waals surface area contributed by atoms with Gasteiger partial charge in [0.1, 0.15) is 17.1 Å². The molecule has 0 aliphatic carbocycles. The minimum Gasteiger partial charge on any atom is -0.497 e. The van der Waals surface area contributed by atoms with Crippen LogP contribution in [-0.4, -0.2) is 46.0 Å². The highest BCUT2D eigenvalue weighted by atomic mass is 35.5. The molecule has 0 fully saturated rings. The molecule has 3 aromatic heterocycles. The van der Waals surface area contributed by atoms with Crippen LogP contribution in [0.4, 0.5) is 15.4 Å². The summed E-state index contributed by atoms with van der Waals surface area (Å²) in [6, 6.07) is 10.5. The highest BCUT2D eigenvalue weighted by molar-refractivity contribution is 7.20. The normalized spacial score (nSPS) is 12.3. The summed E-state index contributed by atoms with van der Waals surface area (Å²) in [5.41, 5.74) is 1.47. The van der Waals surface area contributed by atoms with E-state index >= 15 is 0 Å². The first-order valence-electron chi connectivity index (χ1n) is 12.1. The molecule has 0 radical (unpaired) electrons. The molecular weight excluding hydrogens is 544 g/mol. The number of furan rings is 1. The van der Waals surface area contributed by atoms with Gasteiger partial charge in [-0.2, -0.15) is 4.98 Å². The molecule has 0 spiro atoms. The molecule has 39 heavy (non-hydrogen) atoms. The zero-order valence-corrected chi connectivity index (χ0v) is 23.7. The fraction of sp³-hybridized carbons (Fsp3) is 0.333. The van der Waals surface area contributed by atoms with Crippen molar-refractivity contribution in [2.75, 3.05) is 12.0 Å². The first-order valence-corrected chi connectivity index (χ1v) is 13.3. The number of carboxylic acid groups (broad SMARTS) is 1. The Morgan fingerprint density at radius 3 is 2.51 bits per heavy atom. The standard InChI is InChI=1S/C27H29ClN4O6S/c1-15(29-25(33)38-27(2,3)4)13-19-20(16-8-10-17(36-5)11-9-16)21-22(39-19)23(31-24(28)30-21)32(26(34)35)14-18-7-6-12-37-18/h6-12,15H,13-14H2,1-5H3,(H,29,33)(H,34,35)/t15-/m0/s1. The van der Waals surface area contributed by atoms with E-state index in [9.17, 15) is 14.7 Å². The molecule has 0 unspecified atom stereocenters. The van der Waals surface area contributed by atoms with Crippen molar-refractivity contribution >= 4 is 51.2 Å². The molecule has 3 heterocycles. The van der Waals surface area contributed by atoms with Crippen molar-refractivity contribution in [2.45, 2.75) is 52.3 Å². The van der Waals surface area contributed by atoms with Crippen molar-refractivity contribution in [3.63, 3.8) is 0 Å². The molecule has 2 N–H and O–H groups in total. The minimum absolute atomic E-state index is 0.0630. The topological polar surface area (TPSA) is 127 Å². The summed E-state index contributed by atoms with van der Waals surface area (Å²) in [6.07, 6.45) is 0.149. The average molecular weight is 573 g/mol. The molecule has 4 aromatic rings. The monoisotopic (exact) mass is 572 g/mol. The number of fused-ring (bicyclic) bond motifs is 1. The minimum atomic E-state index is -1.22. The second kappa shape index (κ2) is 11.5. The lowest BCUT2D eigenvalue weighted by Crippen LogP contribution is -2.38. The van der Waals surface area contributed by atoms with Gasteiger partial charge in [-0.05, 0) is 69.1 Å². The van der Waals surface area contributed by atoms with Crippen LogP contribution in [0, 0.1) is 0 Å². The number of benzene rings is 1. The number of alkyl carbamates (subject to hydrolysis) is 1. The van der Waals surface area contributed by atoms with E-state index in [0.29, 0.717) is 28.1 Å². The molecule has 1 aromatic carbocycles. The molecule has 0 bridgehead atoms. The maximum Gasteiger partial charge on any atom is 0.413 e. The fourth-order valence-corrected chi connectivity index (χ4v) is 5.55. The first kappa shape index (κ1) is 28.2. The largest absolute Gasteiger partial charge is 0.497 e. The molecule has 12 heteroatoms. The first-order chi connectivity index (χ1) is 18.4. The van der Waals surface area contributed by atoms with Gasteiger partial charge in [-0.15, -0.1) is 11.3 Å². The summed E-state index contributed by atoms with van der Waals surface area (Å²) in [5.74, 6) is 1.28. The highest BCUT2D eigenvalue weighted by Gasteiger charge is 2.27. The van der Waals surface area contributed by atoms with Crippen LogP contribution in [0.5, 0.6) is 5.75 Å². The fourth-order valence-electron chi connectivity index (χ4n) is 3.99. The molecule has 10 nitrogen and oxygen atoms in total. The quantitative estimate of drug-likeness (QED) is 0.222. The Kier molecular flexibility index (Phi) is 8.31. The number of aromatic nitrogens is 2. The summed E-state index contributed by atoms with van der Waals surface area (Å²) in [4.78, 5) is 35.5. The Bertz CT molecular complexity index is 1460. The number of rotatable bonds is 8. The van der Waals surface area contributed by atoms with E-state index in [2.05, 4.69) is 15.3 Å². The maximum absolute atomic E-state index is 12.4. The number of anilines is 1. The summed E-state index contributed by atoms with van der Waals surface area (Å²) in [7, 11) is 1.59. The molecule has 2 amide bonds. The molecule has 4 rings (SSSR count). The number of nitrogens with one attached hydrogen (secondary N) is 1. The number of methoxy groups -OCH3 is 1. The molecule has 0 saturated heterocycles. The molecule has 206 valence electrons. The molecule has 1 atom stereocenters. The number of carbonyl (C=O) groups is 2. The number of hydrogen-bond acceptors (Lipinski definition) is 8. The summed E-state index contributed by atoms with van der Waals surface area (Å²) in [6.45, 7) is 7.20. The van der Waals surface area contributed by atoms with Crippen LogP contribution in [-0.2, 0) is 17.7 Å². The third-order valence-electron chi connectivity index (χ3n) is 5.58. The van der Waals surface area contributed by atoms with Crippen molar-refractivity contribution in [1.29, 1.82) is 0 Å². The summed E-state index contributed by atoms with van der Waals surface area (Å²) in [5, 5.41) is 12.8. The Morgan fingerprint density at radius 2 is 1.92 bits per heavy atom. The van der Waals surface area contributed by atoms with Crippen LogP contribution in [0.3, 0.4) is 0 Å². The molecule has 0 aliphatic heterocycles. The zero-order chi connectivity index (χ0) is 28.3. The molecular formula is C27H29ClN4O6S. The Labute approximate surface area is 234 Å². The Balaban J connectivity index is 1.82. The number of ether oxygens (including phenoxy) is 2. The van der Waals surface area contributed by atoms with Crippen LogP contribution in [0.1, 0.15) is 38.3 Å². The third kappa shape index (κ3) is 6.79. The number of halogens is 1. The number of amides is 2. The highest BCUT2D eigenvalue weighted by Crippen LogP contribution is 2.43. The average Bonchev–Trinajstić information content (AvgIpc) is 3.48. The van der Waals surface area contributed by atoms with Gasteiger partial charge >= 0.3 is 12.2 Å². The van der Waals surface area contributed by atoms with Gasteiger partial charge in [0.05, 0.1) is 30.1 Å². The SMILES string of the molecule is COc1ccc(-c2c(C[C@H](C)NC(=O)OC(C)(C)C)sc3c(N(Cc4ccco4)C(=O)O)nc(Cl)nc23)cc1. The predicted octanol–water partition coefficient (Wildman–Crippen LogP) is 6.75. The van der Waals surface area contributed by atoms with Crippen molar-refractivity contribution < 1.29 is 28.6 Å². The van der Waals surface area contributed by atoms with E-state index in [4.69, 9.17) is 25.5 Å². The van der Waals surface area contributed by atoms with Crippen LogP contribution in [0.25, 0.3) is 21.3 Å². The Hall–Kier alpha value is -3.83. The van der Waals surface area contributed by atoms with E-state index < -0.39 is 17.8 Å². The van der Waals surface area contributed by atoms with E-state index in [1.165, 1.54) is 17.6 Å². The van der Waals surface area contributed by atoms with Crippen LogP contribution in [0.2, 0.25) is 5.28 Å². The summed E-state index contributed by atoms with van der Waals surface area (Å²) < 4.78 is 16.6. The van der Waals surface area contributed by atoms with Crippen LogP contribution in [0.15, 0.2) is 47.1 Å². The van der Waals surface area contributed by atoms with Crippen molar-refractivity contribution in [3.8, 4) is 16.9 Å². The van der Waals surface area contributed by atoms with Crippen LogP contribution < -0.4 is 15.0 Å². The lowest BCUT2D eigenvalue weighted by Gasteiger charge is -2.22. The van der Waals surface area contributed by atoms with Gasteiger partial charge in [0, 0.05) is 22.9 Å². The van der Waals surface area contributed by atoms with Gasteiger partial charge in [0.2, 0.25) is 5.28 Å². The third-order valence-corrected chi connectivity index (χ3v) is 6.94. The van der Waals surface area contributed by atoms with E-state index in [-0.39, 0.29) is 23.7 Å². The number of carbonyl (C=O) groups excluding carboxylic acids is 1. The second-order valence-electron chi connectivity index (χ2n) is 9.82. The molecule has 0 saturated carbocycles. The van der Waals surface area contributed by atoms with Crippen molar-refractivity contribution in [1.82, 2.24) is 15.3 Å². The van der Waals surface area contributed by atoms with E-state index in [1.54, 1.807) is 40.0 Å². The van der Waals surface area contributed by atoms with Crippen molar-refractivity contribution in [2.24, 2.45) is 0 Å². The van der Waals surface area contributed by atoms with Crippen LogP contribution >= 0.6 is 22.9 Å². The lowest BCUT2D eigenvalue weighted by atomic mass is 10.0. The van der Waals surface area contributed by atoms with Gasteiger partial charge in [-0.1, -0.05) is 12.1 Å². The number of hydrogen-bond donors (Lipinski definition) is 2. The van der Waals surface area contributed by atoms with Gasteiger partial charge in [-0.3, -0.25) is 4.90 Å². The number of thiophene rings is 1.